The predicted octanol–water partition coefficient (Wildman–Crippen LogP) is 1.36. The maximum absolute atomic E-state index is 12.4. The van der Waals surface area contributed by atoms with Gasteiger partial charge in [-0.15, -0.1) is 5.10 Å². The van der Waals surface area contributed by atoms with Gasteiger partial charge in [-0.2, -0.15) is 11.8 Å². The molecule has 146 valence electrons. The first kappa shape index (κ1) is 18.6. The van der Waals surface area contributed by atoms with Crippen molar-refractivity contribution in [1.82, 2.24) is 24.4 Å². The van der Waals surface area contributed by atoms with E-state index in [0.717, 1.165) is 19.6 Å². The van der Waals surface area contributed by atoms with Crippen molar-refractivity contribution in [2.45, 2.75) is 44.2 Å². The van der Waals surface area contributed by atoms with Crippen LogP contribution in [0, 0.1) is 0 Å². The van der Waals surface area contributed by atoms with Crippen molar-refractivity contribution in [2.75, 3.05) is 31.1 Å². The molecule has 2 aromatic rings. The van der Waals surface area contributed by atoms with Gasteiger partial charge in [0.05, 0.1) is 6.54 Å². The number of thioether (sulfide) groups is 1. The number of pyridine rings is 1. The van der Waals surface area contributed by atoms with Gasteiger partial charge in [0.25, 0.3) is 0 Å². The third-order valence-corrected chi connectivity index (χ3v) is 6.81. The predicted molar refractivity (Wildman–Crippen MR) is 107 cm³/mol. The number of aryl methyl sites for hydroxylation is 1. The molecule has 4 rings (SSSR count). The molecule has 0 atom stereocenters. The third kappa shape index (κ3) is 3.91. The molecule has 1 aliphatic heterocycles. The second-order valence-corrected chi connectivity index (χ2v) is 8.72. The molecule has 1 saturated heterocycles. The zero-order chi connectivity index (χ0) is 18.7. The maximum Gasteiger partial charge on any atom is 0.350 e. The molecule has 0 unspecified atom stereocenters. The molecule has 0 bridgehead atoms. The summed E-state index contributed by atoms with van der Waals surface area (Å²) in [6.45, 7) is 3.27. The molecule has 0 aromatic carbocycles. The fourth-order valence-corrected chi connectivity index (χ4v) is 5.25. The van der Waals surface area contributed by atoms with E-state index in [-0.39, 0.29) is 23.6 Å². The standard InChI is InChI=1S/C19H27N5O2S/c25-17(6-10-24-18(26)23-9-4-1-5-16(23)21-24)20-15-19(7-2-3-8-19)22-11-13-27-14-12-22/h1,4-5,9H,2-3,6-8,10-15H2,(H,20,25). The van der Waals surface area contributed by atoms with Gasteiger partial charge in [-0.1, -0.05) is 18.9 Å². The van der Waals surface area contributed by atoms with E-state index in [1.807, 2.05) is 17.8 Å². The number of rotatable bonds is 6. The molecule has 3 heterocycles. The van der Waals surface area contributed by atoms with Gasteiger partial charge >= 0.3 is 5.69 Å². The highest BCUT2D eigenvalue weighted by Crippen LogP contribution is 2.36. The van der Waals surface area contributed by atoms with Crippen LogP contribution < -0.4 is 11.0 Å². The third-order valence-electron chi connectivity index (χ3n) is 5.87. The number of aromatic nitrogens is 3. The molecule has 2 fully saturated rings. The number of amides is 1. The molecule has 0 spiro atoms. The minimum absolute atomic E-state index is 0.00313. The van der Waals surface area contributed by atoms with Crippen molar-refractivity contribution in [3.05, 3.63) is 34.9 Å². The lowest BCUT2D eigenvalue weighted by Crippen LogP contribution is -2.56. The average molecular weight is 390 g/mol. The molecule has 1 saturated carbocycles. The van der Waals surface area contributed by atoms with Crippen molar-refractivity contribution in [3.8, 4) is 0 Å². The Labute approximate surface area is 163 Å². The van der Waals surface area contributed by atoms with E-state index < -0.39 is 0 Å². The first-order valence-electron chi connectivity index (χ1n) is 9.82. The van der Waals surface area contributed by atoms with Crippen LogP contribution in [-0.2, 0) is 11.3 Å². The number of nitrogens with zero attached hydrogens (tertiary/aromatic N) is 4. The van der Waals surface area contributed by atoms with Crippen LogP contribution in [0.1, 0.15) is 32.1 Å². The van der Waals surface area contributed by atoms with E-state index in [9.17, 15) is 9.59 Å². The summed E-state index contributed by atoms with van der Waals surface area (Å²) in [5, 5.41) is 7.43. The second kappa shape index (κ2) is 8.06. The summed E-state index contributed by atoms with van der Waals surface area (Å²) in [5.74, 6) is 2.37. The Kier molecular flexibility index (Phi) is 5.54. The highest BCUT2D eigenvalue weighted by Gasteiger charge is 2.40. The number of nitrogens with one attached hydrogen (secondary N) is 1. The summed E-state index contributed by atoms with van der Waals surface area (Å²) in [6, 6.07) is 5.44. The maximum atomic E-state index is 12.4. The van der Waals surface area contributed by atoms with Crippen molar-refractivity contribution in [1.29, 1.82) is 0 Å². The Bertz CT molecular complexity index is 849. The molecule has 2 aliphatic rings. The van der Waals surface area contributed by atoms with E-state index in [2.05, 4.69) is 15.3 Å². The fourth-order valence-electron chi connectivity index (χ4n) is 4.35. The van der Waals surface area contributed by atoms with Crippen LogP contribution >= 0.6 is 11.8 Å². The first-order valence-corrected chi connectivity index (χ1v) is 11.0. The second-order valence-electron chi connectivity index (χ2n) is 7.49. The summed E-state index contributed by atoms with van der Waals surface area (Å²) >= 11 is 2.02. The Hall–Kier alpha value is -1.80. The van der Waals surface area contributed by atoms with Crippen molar-refractivity contribution >= 4 is 23.3 Å². The van der Waals surface area contributed by atoms with Gasteiger partial charge in [0.1, 0.15) is 0 Å². The Morgan fingerprint density at radius 3 is 2.74 bits per heavy atom. The van der Waals surface area contributed by atoms with Crippen LogP contribution in [0.5, 0.6) is 0 Å². The first-order chi connectivity index (χ1) is 13.2. The van der Waals surface area contributed by atoms with E-state index in [1.165, 1.54) is 46.3 Å². The molecular weight excluding hydrogens is 362 g/mol. The molecule has 2 aromatic heterocycles. The molecule has 7 nitrogen and oxygen atoms in total. The number of fused-ring (bicyclic) bond motifs is 1. The van der Waals surface area contributed by atoms with E-state index >= 15 is 0 Å². The minimum atomic E-state index is -0.198. The van der Waals surface area contributed by atoms with Crippen LogP contribution in [0.25, 0.3) is 5.65 Å². The van der Waals surface area contributed by atoms with Gasteiger partial charge in [0.15, 0.2) is 5.65 Å². The van der Waals surface area contributed by atoms with Gasteiger partial charge in [-0.25, -0.2) is 9.48 Å². The summed E-state index contributed by atoms with van der Waals surface area (Å²) in [5.41, 5.74) is 0.545. The van der Waals surface area contributed by atoms with Crippen molar-refractivity contribution in [2.24, 2.45) is 0 Å². The van der Waals surface area contributed by atoms with Crippen LogP contribution in [0.3, 0.4) is 0 Å². The van der Waals surface area contributed by atoms with Crippen molar-refractivity contribution in [3.63, 3.8) is 0 Å². The number of hydrogen-bond donors (Lipinski definition) is 1. The van der Waals surface area contributed by atoms with Crippen LogP contribution in [0.15, 0.2) is 29.2 Å². The SMILES string of the molecule is O=C(CCn1nc2ccccn2c1=O)NCC1(N2CCSCC2)CCCC1. The molecule has 27 heavy (non-hydrogen) atoms. The van der Waals surface area contributed by atoms with E-state index in [0.29, 0.717) is 12.2 Å². The van der Waals surface area contributed by atoms with Gasteiger partial charge in [-0.05, 0) is 25.0 Å². The summed E-state index contributed by atoms with van der Waals surface area (Å²) in [6.07, 6.45) is 6.80. The lowest BCUT2D eigenvalue weighted by molar-refractivity contribution is -0.122. The van der Waals surface area contributed by atoms with E-state index in [1.54, 1.807) is 18.3 Å². The van der Waals surface area contributed by atoms with Crippen LogP contribution in [0.2, 0.25) is 0 Å². The molecular formula is C19H27N5O2S. The van der Waals surface area contributed by atoms with Gasteiger partial charge in [-0.3, -0.25) is 14.1 Å². The van der Waals surface area contributed by atoms with Crippen LogP contribution in [-0.4, -0.2) is 61.7 Å². The van der Waals surface area contributed by atoms with E-state index in [4.69, 9.17) is 0 Å². The Morgan fingerprint density at radius 1 is 1.22 bits per heavy atom. The normalized spacial score (nSPS) is 20.1. The largest absolute Gasteiger partial charge is 0.354 e. The molecule has 8 heteroatoms. The number of hydrogen-bond acceptors (Lipinski definition) is 5. The highest BCUT2D eigenvalue weighted by atomic mass is 32.2. The minimum Gasteiger partial charge on any atom is -0.354 e. The quantitative estimate of drug-likeness (QED) is 0.808. The number of carbonyl (C=O) groups is 1. The molecule has 0 radical (unpaired) electrons. The highest BCUT2D eigenvalue weighted by molar-refractivity contribution is 7.99. The topological polar surface area (TPSA) is 71.6 Å². The molecule has 1 N–H and O–H groups in total. The van der Waals surface area contributed by atoms with Gasteiger partial charge < -0.3 is 5.32 Å². The van der Waals surface area contributed by atoms with Gasteiger partial charge in [0, 0.05) is 49.3 Å². The zero-order valence-electron chi connectivity index (χ0n) is 15.6. The summed E-state index contributed by atoms with van der Waals surface area (Å²) in [7, 11) is 0. The average Bonchev–Trinajstić information content (AvgIpc) is 3.32. The Morgan fingerprint density at radius 2 is 2.00 bits per heavy atom. The molecule has 1 amide bonds. The number of carbonyl (C=O) groups excluding carboxylic acids is 1. The van der Waals surface area contributed by atoms with Crippen molar-refractivity contribution < 1.29 is 4.79 Å². The van der Waals surface area contributed by atoms with Gasteiger partial charge in [0.2, 0.25) is 5.91 Å². The lowest BCUT2D eigenvalue weighted by Gasteiger charge is -2.43. The summed E-state index contributed by atoms with van der Waals surface area (Å²) in [4.78, 5) is 27.3. The lowest BCUT2D eigenvalue weighted by atomic mass is 9.94. The zero-order valence-corrected chi connectivity index (χ0v) is 16.4. The fraction of sp³-hybridized carbons (Fsp3) is 0.632. The molecule has 1 aliphatic carbocycles. The Balaban J connectivity index is 1.34. The smallest absolute Gasteiger partial charge is 0.350 e. The monoisotopic (exact) mass is 389 g/mol. The summed E-state index contributed by atoms with van der Waals surface area (Å²) < 4.78 is 2.88. The van der Waals surface area contributed by atoms with Crippen LogP contribution in [0.4, 0.5) is 0 Å².